The van der Waals surface area contributed by atoms with Gasteiger partial charge < -0.3 is 33.2 Å². The highest BCUT2D eigenvalue weighted by Gasteiger charge is 2.25. The van der Waals surface area contributed by atoms with Crippen LogP contribution in [0, 0.1) is 0 Å². The molecule has 0 N–H and O–H groups in total. The van der Waals surface area contributed by atoms with Gasteiger partial charge in [0.25, 0.3) is 0 Å². The lowest BCUT2D eigenvalue weighted by atomic mass is 10.0. The summed E-state index contributed by atoms with van der Waals surface area (Å²) in [7, 11) is 1.67. The lowest BCUT2D eigenvalue weighted by Crippen LogP contribution is -2.18. The molecule has 2 unspecified atom stereocenters. The van der Waals surface area contributed by atoms with Crippen molar-refractivity contribution >= 4 is 12.3 Å². The Bertz CT molecular complexity index is 706. The molecule has 2 atom stereocenters. The molecule has 9 heteroatoms. The van der Waals surface area contributed by atoms with Crippen molar-refractivity contribution in [1.29, 1.82) is 0 Å². The van der Waals surface area contributed by atoms with E-state index in [9.17, 15) is 9.59 Å². The molecule has 0 bridgehead atoms. The van der Waals surface area contributed by atoms with Gasteiger partial charge in [-0.2, -0.15) is 0 Å². The number of aryl methyl sites for hydroxylation is 2. The van der Waals surface area contributed by atoms with Crippen molar-refractivity contribution in [2.24, 2.45) is 0 Å². The van der Waals surface area contributed by atoms with Gasteiger partial charge in [-0.1, -0.05) is 12.1 Å². The standard InChI is InChI=1S/C21H28O9/c1-24-19-10-15(4-2-8-25-11-17-13-27-20(22)29-17)6-7-16(19)5-3-9-26-12-18-14-28-21(23)30-18/h6-7,10,17-18H,2-5,8-9,11-14H2,1H3. The topological polar surface area (TPSA) is 98.8 Å². The van der Waals surface area contributed by atoms with Gasteiger partial charge in [0.2, 0.25) is 0 Å². The van der Waals surface area contributed by atoms with Crippen molar-refractivity contribution < 1.29 is 42.7 Å². The first-order valence-electron chi connectivity index (χ1n) is 10.1. The first kappa shape index (κ1) is 22.2. The predicted molar refractivity (Wildman–Crippen MR) is 104 cm³/mol. The minimum atomic E-state index is -0.631. The SMILES string of the molecule is COc1cc(CCCOCC2COC(=O)O2)ccc1CCCOCC1COC(=O)O1. The maximum absolute atomic E-state index is 10.8. The van der Waals surface area contributed by atoms with E-state index in [1.165, 1.54) is 5.56 Å². The van der Waals surface area contributed by atoms with Crippen molar-refractivity contribution in [1.82, 2.24) is 0 Å². The quantitative estimate of drug-likeness (QED) is 0.349. The second-order valence-electron chi connectivity index (χ2n) is 7.10. The lowest BCUT2D eigenvalue weighted by molar-refractivity contribution is 0.0449. The molecule has 0 radical (unpaired) electrons. The molecule has 2 aliphatic rings. The number of carbonyl (C=O) groups excluding carboxylic acids is 2. The first-order valence-corrected chi connectivity index (χ1v) is 10.1. The molecule has 1 aromatic rings. The second-order valence-corrected chi connectivity index (χ2v) is 7.10. The van der Waals surface area contributed by atoms with Gasteiger partial charge in [0.1, 0.15) is 19.0 Å². The normalized spacial score (nSPS) is 20.4. The summed E-state index contributed by atoms with van der Waals surface area (Å²) in [6.45, 7) is 2.35. The van der Waals surface area contributed by atoms with Gasteiger partial charge in [0.15, 0.2) is 12.2 Å². The van der Waals surface area contributed by atoms with E-state index >= 15 is 0 Å². The highest BCUT2D eigenvalue weighted by Crippen LogP contribution is 2.22. The van der Waals surface area contributed by atoms with Crippen LogP contribution in [0.4, 0.5) is 9.59 Å². The fourth-order valence-corrected chi connectivity index (χ4v) is 3.22. The molecule has 2 fully saturated rings. The summed E-state index contributed by atoms with van der Waals surface area (Å²) in [5.41, 5.74) is 2.30. The Labute approximate surface area is 175 Å². The van der Waals surface area contributed by atoms with Gasteiger partial charge in [0.05, 0.1) is 20.3 Å². The number of hydrogen-bond acceptors (Lipinski definition) is 9. The molecule has 2 heterocycles. The number of benzene rings is 1. The molecule has 0 saturated carbocycles. The maximum atomic E-state index is 10.8. The molecule has 3 rings (SSSR count). The number of rotatable bonds is 13. The van der Waals surface area contributed by atoms with E-state index < -0.39 is 12.3 Å². The molecule has 30 heavy (non-hydrogen) atoms. The Balaban J connectivity index is 1.30. The van der Waals surface area contributed by atoms with Crippen molar-refractivity contribution in [3.05, 3.63) is 29.3 Å². The van der Waals surface area contributed by atoms with E-state index in [1.54, 1.807) is 7.11 Å². The molecular formula is C21H28O9. The van der Waals surface area contributed by atoms with Crippen molar-refractivity contribution in [2.75, 3.05) is 46.8 Å². The predicted octanol–water partition coefficient (Wildman–Crippen LogP) is 2.66. The summed E-state index contributed by atoms with van der Waals surface area (Å²) in [6, 6.07) is 6.23. The largest absolute Gasteiger partial charge is 0.508 e. The average molecular weight is 424 g/mol. The highest BCUT2D eigenvalue weighted by atomic mass is 16.8. The van der Waals surface area contributed by atoms with Gasteiger partial charge in [0, 0.05) is 13.2 Å². The molecule has 1 aromatic carbocycles. The zero-order chi connectivity index (χ0) is 21.2. The third-order valence-corrected chi connectivity index (χ3v) is 4.75. The van der Waals surface area contributed by atoms with Crippen LogP contribution in [0.5, 0.6) is 5.75 Å². The van der Waals surface area contributed by atoms with E-state index in [2.05, 4.69) is 18.2 Å². The highest BCUT2D eigenvalue weighted by molar-refractivity contribution is 5.62. The summed E-state index contributed by atoms with van der Waals surface area (Å²) in [4.78, 5) is 21.7. The van der Waals surface area contributed by atoms with Gasteiger partial charge in [-0.25, -0.2) is 9.59 Å². The smallest absolute Gasteiger partial charge is 0.496 e. The second kappa shape index (κ2) is 11.6. The van der Waals surface area contributed by atoms with E-state index in [4.69, 9.17) is 33.2 Å². The Hall–Kier alpha value is -2.52. The monoisotopic (exact) mass is 424 g/mol. The molecular weight excluding hydrogens is 396 g/mol. The molecule has 2 saturated heterocycles. The maximum Gasteiger partial charge on any atom is 0.508 e. The van der Waals surface area contributed by atoms with Crippen LogP contribution in [0.3, 0.4) is 0 Å². The number of methoxy groups -OCH3 is 1. The van der Waals surface area contributed by atoms with Crippen LogP contribution in [-0.4, -0.2) is 71.3 Å². The minimum absolute atomic E-state index is 0.252. The van der Waals surface area contributed by atoms with Crippen LogP contribution in [0.25, 0.3) is 0 Å². The number of ether oxygens (including phenoxy) is 7. The zero-order valence-electron chi connectivity index (χ0n) is 17.1. The van der Waals surface area contributed by atoms with Crippen molar-refractivity contribution in [2.45, 2.75) is 37.9 Å². The lowest BCUT2D eigenvalue weighted by Gasteiger charge is -2.12. The molecule has 9 nitrogen and oxygen atoms in total. The summed E-state index contributed by atoms with van der Waals surface area (Å²) in [5, 5.41) is 0. The minimum Gasteiger partial charge on any atom is -0.496 e. The van der Waals surface area contributed by atoms with E-state index in [1.807, 2.05) is 0 Å². The van der Waals surface area contributed by atoms with Gasteiger partial charge in [-0.3, -0.25) is 0 Å². The summed E-state index contributed by atoms with van der Waals surface area (Å²) in [6.07, 6.45) is 1.51. The van der Waals surface area contributed by atoms with Crippen LogP contribution >= 0.6 is 0 Å². The van der Waals surface area contributed by atoms with Crippen molar-refractivity contribution in [3.63, 3.8) is 0 Å². The summed E-state index contributed by atoms with van der Waals surface area (Å²) < 4.78 is 35.9. The average Bonchev–Trinajstić information content (AvgIpc) is 3.35. The van der Waals surface area contributed by atoms with Gasteiger partial charge in [-0.15, -0.1) is 0 Å². The Morgan fingerprint density at radius 1 is 0.900 bits per heavy atom. The van der Waals surface area contributed by atoms with Crippen LogP contribution in [0.2, 0.25) is 0 Å². The molecule has 0 aliphatic carbocycles. The molecule has 166 valence electrons. The molecule has 0 amide bonds. The third kappa shape index (κ3) is 7.07. The zero-order valence-corrected chi connectivity index (χ0v) is 17.1. The number of cyclic esters (lactones) is 4. The first-order chi connectivity index (χ1) is 14.6. The summed E-state index contributed by atoms with van der Waals surface area (Å²) in [5.74, 6) is 0.863. The van der Waals surface area contributed by atoms with Crippen molar-refractivity contribution in [3.8, 4) is 5.75 Å². The molecule has 0 aromatic heterocycles. The van der Waals surface area contributed by atoms with Crippen LogP contribution in [-0.2, 0) is 41.3 Å². The summed E-state index contributed by atoms with van der Waals surface area (Å²) >= 11 is 0. The van der Waals surface area contributed by atoms with Crippen LogP contribution in [0.15, 0.2) is 18.2 Å². The van der Waals surface area contributed by atoms with Crippen LogP contribution < -0.4 is 4.74 Å². The molecule has 2 aliphatic heterocycles. The van der Waals surface area contributed by atoms with Gasteiger partial charge in [-0.05, 0) is 42.9 Å². The van der Waals surface area contributed by atoms with E-state index in [-0.39, 0.29) is 25.4 Å². The number of hydrogen-bond donors (Lipinski definition) is 0. The van der Waals surface area contributed by atoms with Gasteiger partial charge >= 0.3 is 12.3 Å². The van der Waals surface area contributed by atoms with E-state index in [0.29, 0.717) is 26.4 Å². The van der Waals surface area contributed by atoms with Crippen LogP contribution in [0.1, 0.15) is 24.0 Å². The fourth-order valence-electron chi connectivity index (χ4n) is 3.22. The Kier molecular flexibility index (Phi) is 8.58. The fraction of sp³-hybridized carbons (Fsp3) is 0.619. The molecule has 0 spiro atoms. The third-order valence-electron chi connectivity index (χ3n) is 4.75. The number of carbonyl (C=O) groups is 2. The Morgan fingerprint density at radius 2 is 1.50 bits per heavy atom. The Morgan fingerprint density at radius 3 is 2.03 bits per heavy atom. The van der Waals surface area contributed by atoms with E-state index in [0.717, 1.165) is 37.0 Å².